The van der Waals surface area contributed by atoms with Gasteiger partial charge in [0, 0.05) is 31.7 Å². The zero-order chi connectivity index (χ0) is 24.9. The Labute approximate surface area is 202 Å². The van der Waals surface area contributed by atoms with Crippen LogP contribution >= 0.6 is 0 Å². The van der Waals surface area contributed by atoms with Crippen LogP contribution in [-0.2, 0) is 14.0 Å². The van der Waals surface area contributed by atoms with Crippen LogP contribution in [0.3, 0.4) is 0 Å². The summed E-state index contributed by atoms with van der Waals surface area (Å²) in [6.07, 6.45) is -0.333. The summed E-state index contributed by atoms with van der Waals surface area (Å²) in [4.78, 5) is 29.0. The number of carbonyl (C=O) groups excluding carboxylic acids is 2. The molecule has 0 radical (unpaired) electrons. The number of carbonyl (C=O) groups is 2. The molecular weight excluding hydrogens is 431 g/mol. The van der Waals surface area contributed by atoms with Crippen LogP contribution in [0.2, 0.25) is 0 Å². The van der Waals surface area contributed by atoms with Gasteiger partial charge in [0.1, 0.15) is 5.60 Å². The molecule has 0 N–H and O–H groups in total. The van der Waals surface area contributed by atoms with Crippen LogP contribution < -0.4 is 5.46 Å². The maximum absolute atomic E-state index is 13.2. The SMILES string of the molecule is CC(C)(C)OC(=O)N1CCN(C(=O)c2ccc3c(B4OC(C)(C)C(C)(C)O4)cccc3c2)CC1. The summed E-state index contributed by atoms with van der Waals surface area (Å²) >= 11 is 0. The minimum Gasteiger partial charge on any atom is -0.444 e. The van der Waals surface area contributed by atoms with Gasteiger partial charge >= 0.3 is 13.2 Å². The lowest BCUT2D eigenvalue weighted by Gasteiger charge is -2.35. The first kappa shape index (κ1) is 24.5. The van der Waals surface area contributed by atoms with E-state index >= 15 is 0 Å². The Hall–Kier alpha value is -2.58. The van der Waals surface area contributed by atoms with Gasteiger partial charge in [0.15, 0.2) is 0 Å². The van der Waals surface area contributed by atoms with Crippen molar-refractivity contribution in [2.45, 2.75) is 65.3 Å². The highest BCUT2D eigenvalue weighted by atomic mass is 16.7. The van der Waals surface area contributed by atoms with Crippen molar-refractivity contribution in [3.8, 4) is 0 Å². The third kappa shape index (κ3) is 4.79. The van der Waals surface area contributed by atoms with Crippen molar-refractivity contribution in [3.05, 3.63) is 42.0 Å². The third-order valence-electron chi connectivity index (χ3n) is 6.89. The second kappa shape index (κ2) is 8.58. The lowest BCUT2D eigenvalue weighted by Crippen LogP contribution is -2.51. The van der Waals surface area contributed by atoms with Crippen molar-refractivity contribution in [2.24, 2.45) is 0 Å². The van der Waals surface area contributed by atoms with Crippen LogP contribution in [0.15, 0.2) is 36.4 Å². The predicted octanol–water partition coefficient (Wildman–Crippen LogP) is 3.83. The molecule has 34 heavy (non-hydrogen) atoms. The second-order valence-electron chi connectivity index (χ2n) is 11.1. The molecule has 2 amide bonds. The van der Waals surface area contributed by atoms with Gasteiger partial charge < -0.3 is 23.8 Å². The highest BCUT2D eigenvalue weighted by Crippen LogP contribution is 2.37. The van der Waals surface area contributed by atoms with Crippen LogP contribution in [0.5, 0.6) is 0 Å². The smallest absolute Gasteiger partial charge is 0.444 e. The number of rotatable bonds is 2. The van der Waals surface area contributed by atoms with Gasteiger partial charge in [-0.1, -0.05) is 24.3 Å². The lowest BCUT2D eigenvalue weighted by molar-refractivity contribution is 0.00578. The number of hydrogen-bond donors (Lipinski definition) is 0. The first-order valence-electron chi connectivity index (χ1n) is 11.9. The summed E-state index contributed by atoms with van der Waals surface area (Å²) in [5.41, 5.74) is 0.216. The van der Waals surface area contributed by atoms with E-state index in [1.54, 1.807) is 9.80 Å². The van der Waals surface area contributed by atoms with Crippen LogP contribution in [0.4, 0.5) is 4.79 Å². The molecule has 2 aromatic rings. The Balaban J connectivity index is 1.48. The Morgan fingerprint density at radius 3 is 2.09 bits per heavy atom. The summed E-state index contributed by atoms with van der Waals surface area (Å²) in [6, 6.07) is 11.7. The summed E-state index contributed by atoms with van der Waals surface area (Å²) in [6.45, 7) is 15.6. The molecule has 0 aliphatic carbocycles. The molecule has 2 aliphatic heterocycles. The van der Waals surface area contributed by atoms with Crippen LogP contribution in [-0.4, -0.2) is 71.9 Å². The minimum atomic E-state index is -0.534. The molecule has 2 aliphatic rings. The maximum Gasteiger partial charge on any atom is 0.495 e. The summed E-state index contributed by atoms with van der Waals surface area (Å²) in [7, 11) is -0.462. The molecule has 2 heterocycles. The fourth-order valence-electron chi connectivity index (χ4n) is 4.22. The Morgan fingerprint density at radius 1 is 0.912 bits per heavy atom. The molecule has 0 bridgehead atoms. The standard InChI is InChI=1S/C26H35BN2O5/c1-24(2,3)32-23(31)29-15-13-28(14-16-29)22(30)19-11-12-20-18(17-19)9-8-10-21(20)27-33-25(4,5)26(6,7)34-27/h8-12,17H,13-16H2,1-7H3. The fraction of sp³-hybridized carbons (Fsp3) is 0.538. The van der Waals surface area contributed by atoms with Crippen LogP contribution in [0.1, 0.15) is 58.8 Å². The monoisotopic (exact) mass is 466 g/mol. The lowest BCUT2D eigenvalue weighted by atomic mass is 9.76. The van der Waals surface area contributed by atoms with Crippen molar-refractivity contribution in [1.82, 2.24) is 9.80 Å². The van der Waals surface area contributed by atoms with Crippen molar-refractivity contribution >= 4 is 35.4 Å². The number of piperazine rings is 1. The summed E-state index contributed by atoms with van der Waals surface area (Å²) in [5.74, 6) is -0.0354. The van der Waals surface area contributed by atoms with Crippen molar-refractivity contribution in [1.29, 1.82) is 0 Å². The number of fused-ring (bicyclic) bond motifs is 1. The van der Waals surface area contributed by atoms with Gasteiger partial charge in [-0.15, -0.1) is 0 Å². The molecular formula is C26H35BN2O5. The molecule has 0 aromatic heterocycles. The molecule has 182 valence electrons. The van der Waals surface area contributed by atoms with Gasteiger partial charge in [0.2, 0.25) is 0 Å². The molecule has 0 saturated carbocycles. The number of nitrogens with zero attached hydrogens (tertiary/aromatic N) is 2. The highest BCUT2D eigenvalue weighted by molar-refractivity contribution is 6.65. The van der Waals surface area contributed by atoms with Crippen LogP contribution in [0, 0.1) is 0 Å². The van der Waals surface area contributed by atoms with Crippen molar-refractivity contribution in [2.75, 3.05) is 26.2 Å². The van der Waals surface area contributed by atoms with Gasteiger partial charge in [-0.25, -0.2) is 4.79 Å². The predicted molar refractivity (Wildman–Crippen MR) is 133 cm³/mol. The highest BCUT2D eigenvalue weighted by Gasteiger charge is 2.52. The summed E-state index contributed by atoms with van der Waals surface area (Å²) in [5, 5.41) is 1.97. The van der Waals surface area contributed by atoms with Gasteiger partial charge in [-0.3, -0.25) is 4.79 Å². The molecule has 8 heteroatoms. The molecule has 2 fully saturated rings. The topological polar surface area (TPSA) is 68.3 Å². The van der Waals surface area contributed by atoms with E-state index in [1.807, 2.05) is 84.9 Å². The maximum atomic E-state index is 13.2. The second-order valence-corrected chi connectivity index (χ2v) is 11.1. The van der Waals surface area contributed by atoms with E-state index in [0.29, 0.717) is 31.7 Å². The first-order chi connectivity index (χ1) is 15.8. The number of ether oxygens (including phenoxy) is 1. The largest absolute Gasteiger partial charge is 0.495 e. The average Bonchev–Trinajstić information content (AvgIpc) is 2.98. The molecule has 7 nitrogen and oxygen atoms in total. The van der Waals surface area contributed by atoms with E-state index in [0.717, 1.165) is 16.2 Å². The zero-order valence-corrected chi connectivity index (χ0v) is 21.3. The molecule has 0 spiro atoms. The Morgan fingerprint density at radius 2 is 1.50 bits per heavy atom. The van der Waals surface area contributed by atoms with E-state index in [4.69, 9.17) is 14.0 Å². The van der Waals surface area contributed by atoms with E-state index in [1.165, 1.54) is 0 Å². The normalized spacial score (nSPS) is 20.0. The molecule has 4 rings (SSSR count). The third-order valence-corrected chi connectivity index (χ3v) is 6.89. The molecule has 2 aromatic carbocycles. The van der Waals surface area contributed by atoms with E-state index in [9.17, 15) is 9.59 Å². The quantitative estimate of drug-likeness (QED) is 0.630. The van der Waals surface area contributed by atoms with Gasteiger partial charge in [0.25, 0.3) is 5.91 Å². The minimum absolute atomic E-state index is 0.0354. The number of benzene rings is 2. The molecule has 0 unspecified atom stereocenters. The van der Waals surface area contributed by atoms with Gasteiger partial charge in [-0.05, 0) is 76.8 Å². The Bertz CT molecular complexity index is 1080. The Kier molecular flexibility index (Phi) is 6.19. The van der Waals surface area contributed by atoms with E-state index < -0.39 is 23.9 Å². The van der Waals surface area contributed by atoms with Gasteiger partial charge in [-0.2, -0.15) is 0 Å². The number of amides is 2. The average molecular weight is 466 g/mol. The zero-order valence-electron chi connectivity index (χ0n) is 21.3. The van der Waals surface area contributed by atoms with Crippen molar-refractivity contribution in [3.63, 3.8) is 0 Å². The van der Waals surface area contributed by atoms with Crippen molar-refractivity contribution < 1.29 is 23.6 Å². The molecule has 0 atom stereocenters. The fourth-order valence-corrected chi connectivity index (χ4v) is 4.22. The molecule has 2 saturated heterocycles. The number of hydrogen-bond acceptors (Lipinski definition) is 5. The van der Waals surface area contributed by atoms with Gasteiger partial charge in [0.05, 0.1) is 11.2 Å². The van der Waals surface area contributed by atoms with Crippen LogP contribution in [0.25, 0.3) is 10.8 Å². The van der Waals surface area contributed by atoms with E-state index in [2.05, 4.69) is 0 Å². The van der Waals surface area contributed by atoms with E-state index in [-0.39, 0.29) is 12.0 Å². The summed E-state index contributed by atoms with van der Waals surface area (Å²) < 4.78 is 17.9. The first-order valence-corrected chi connectivity index (χ1v) is 11.9.